The monoisotopic (exact) mass is 414 g/mol. The first kappa shape index (κ1) is 22.2. The smallest absolute Gasteiger partial charge is 0.221 e. The highest BCUT2D eigenvalue weighted by molar-refractivity contribution is 7.88. The van der Waals surface area contributed by atoms with Crippen LogP contribution in [0.1, 0.15) is 32.4 Å². The Bertz CT molecular complexity index is 727. The Morgan fingerprint density at radius 3 is 2.61 bits per heavy atom. The van der Waals surface area contributed by atoms with E-state index in [9.17, 15) is 13.2 Å². The molecule has 1 aromatic rings. The first-order valence-electron chi connectivity index (χ1n) is 9.63. The molecule has 0 atom stereocenters. The molecule has 0 unspecified atom stereocenters. The summed E-state index contributed by atoms with van der Waals surface area (Å²) in [7, 11) is -3.43. The maximum Gasteiger partial charge on any atom is 0.221 e. The van der Waals surface area contributed by atoms with E-state index < -0.39 is 10.0 Å². The number of hydrogen-bond acceptors (Lipinski definition) is 6. The minimum atomic E-state index is -3.43. The lowest BCUT2D eigenvalue weighted by Crippen LogP contribution is -2.54. The molecule has 0 bridgehead atoms. The Hall–Kier alpha value is -2.14. The highest BCUT2D eigenvalue weighted by Gasteiger charge is 2.28. The molecule has 1 aliphatic rings. The molecule has 1 aliphatic heterocycles. The van der Waals surface area contributed by atoms with Gasteiger partial charge >= 0.3 is 0 Å². The zero-order valence-electron chi connectivity index (χ0n) is 16.6. The summed E-state index contributed by atoms with van der Waals surface area (Å²) in [6.07, 6.45) is 2.60. The van der Waals surface area contributed by atoms with Gasteiger partial charge in [-0.1, -0.05) is 12.1 Å². The van der Waals surface area contributed by atoms with Crippen molar-refractivity contribution in [1.29, 1.82) is 0 Å². The summed E-state index contributed by atoms with van der Waals surface area (Å²) in [4.78, 5) is 18.2. The summed E-state index contributed by atoms with van der Waals surface area (Å²) < 4.78 is 31.2. The van der Waals surface area contributed by atoms with Crippen molar-refractivity contribution in [2.24, 2.45) is 4.99 Å². The number of aliphatic imine (C=N–C) groups is 1. The molecule has 2 heterocycles. The molecule has 1 aromatic heterocycles. The Kier molecular flexibility index (Phi) is 8.71. The van der Waals surface area contributed by atoms with Gasteiger partial charge in [0.1, 0.15) is 12.0 Å². The van der Waals surface area contributed by atoms with Gasteiger partial charge in [0.2, 0.25) is 15.9 Å². The predicted molar refractivity (Wildman–Crippen MR) is 106 cm³/mol. The number of piperazine rings is 1. The number of sulfonamides is 1. The molecule has 28 heavy (non-hydrogen) atoms. The maximum absolute atomic E-state index is 12.5. The Morgan fingerprint density at radius 2 is 2.00 bits per heavy atom. The van der Waals surface area contributed by atoms with E-state index in [-0.39, 0.29) is 11.7 Å². The summed E-state index contributed by atoms with van der Waals surface area (Å²) in [5.74, 6) is 0.536. The van der Waals surface area contributed by atoms with Gasteiger partial charge in [-0.2, -0.15) is 4.31 Å². The second-order valence-electron chi connectivity index (χ2n) is 6.47. The summed E-state index contributed by atoms with van der Waals surface area (Å²) in [6.45, 7) is 7.57. The van der Waals surface area contributed by atoms with Crippen LogP contribution in [0.2, 0.25) is 0 Å². The van der Waals surface area contributed by atoms with Crippen LogP contribution in [0.15, 0.2) is 21.8 Å². The quantitative estimate of drug-likeness (QED) is 0.431. The standard InChI is InChI=1S/C17H30N6O4S/c1-3-7-19-16(24)5-8-20-17(18-4-2)22-9-11-23(12-10-22)28(25,26)14-15-6-13-27-21-15/h6,13H,3-5,7-12,14H2,1-2H3,(H,18,20)(H,19,24). The van der Waals surface area contributed by atoms with Crippen molar-refractivity contribution in [2.75, 3.05) is 45.8 Å². The topological polar surface area (TPSA) is 120 Å². The molecule has 0 aliphatic carbocycles. The zero-order valence-corrected chi connectivity index (χ0v) is 17.4. The van der Waals surface area contributed by atoms with E-state index in [2.05, 4.69) is 20.8 Å². The fourth-order valence-corrected chi connectivity index (χ4v) is 4.24. The van der Waals surface area contributed by atoms with Gasteiger partial charge < -0.3 is 20.1 Å². The second kappa shape index (κ2) is 11.0. The molecule has 0 aromatic carbocycles. The van der Waals surface area contributed by atoms with Crippen LogP contribution in [0.5, 0.6) is 0 Å². The van der Waals surface area contributed by atoms with E-state index in [4.69, 9.17) is 4.52 Å². The van der Waals surface area contributed by atoms with E-state index in [1.54, 1.807) is 6.07 Å². The zero-order chi connectivity index (χ0) is 20.4. The number of nitrogens with zero attached hydrogens (tertiary/aromatic N) is 4. The van der Waals surface area contributed by atoms with E-state index in [1.165, 1.54) is 10.6 Å². The SMILES string of the molecule is CCCNC(=O)CCN=C(NCC)N1CCN(S(=O)(=O)Cc2ccon2)CC1. The fraction of sp³-hybridized carbons (Fsp3) is 0.706. The van der Waals surface area contributed by atoms with Crippen LogP contribution in [-0.4, -0.2) is 80.5 Å². The lowest BCUT2D eigenvalue weighted by Gasteiger charge is -2.35. The third-order valence-corrected chi connectivity index (χ3v) is 6.07. The van der Waals surface area contributed by atoms with Crippen molar-refractivity contribution >= 4 is 21.9 Å². The van der Waals surface area contributed by atoms with Crippen LogP contribution in [0, 0.1) is 0 Å². The minimum Gasteiger partial charge on any atom is -0.364 e. The van der Waals surface area contributed by atoms with Crippen LogP contribution >= 0.6 is 0 Å². The van der Waals surface area contributed by atoms with Gasteiger partial charge in [0.15, 0.2) is 5.96 Å². The largest absolute Gasteiger partial charge is 0.364 e. The number of carbonyl (C=O) groups excluding carboxylic acids is 1. The Morgan fingerprint density at radius 1 is 1.25 bits per heavy atom. The molecule has 2 N–H and O–H groups in total. The number of rotatable bonds is 9. The fourth-order valence-electron chi connectivity index (χ4n) is 2.81. The van der Waals surface area contributed by atoms with Gasteiger partial charge in [0.05, 0.1) is 12.2 Å². The van der Waals surface area contributed by atoms with Crippen molar-refractivity contribution in [3.8, 4) is 0 Å². The van der Waals surface area contributed by atoms with E-state index in [0.717, 1.165) is 6.42 Å². The molecule has 10 nitrogen and oxygen atoms in total. The Labute approximate surface area is 166 Å². The highest BCUT2D eigenvalue weighted by atomic mass is 32.2. The summed E-state index contributed by atoms with van der Waals surface area (Å²) in [5.41, 5.74) is 0.402. The molecule has 0 radical (unpaired) electrons. The number of nitrogens with one attached hydrogen (secondary N) is 2. The molecular formula is C17H30N6O4S. The molecule has 2 rings (SSSR count). The van der Waals surface area contributed by atoms with Crippen LogP contribution in [0.25, 0.3) is 0 Å². The summed E-state index contributed by atoms with van der Waals surface area (Å²) >= 11 is 0. The third-order valence-electron chi connectivity index (χ3n) is 4.26. The lowest BCUT2D eigenvalue weighted by molar-refractivity contribution is -0.120. The number of amides is 1. The molecule has 1 fully saturated rings. The van der Waals surface area contributed by atoms with Gasteiger partial charge in [0, 0.05) is 51.8 Å². The molecule has 1 saturated heterocycles. The molecule has 11 heteroatoms. The predicted octanol–water partition coefficient (Wildman–Crippen LogP) is 0.00380. The number of hydrogen-bond donors (Lipinski definition) is 2. The van der Waals surface area contributed by atoms with Gasteiger partial charge in [-0.05, 0) is 13.3 Å². The van der Waals surface area contributed by atoms with Gasteiger partial charge in [-0.3, -0.25) is 9.79 Å². The minimum absolute atomic E-state index is 0.00906. The lowest BCUT2D eigenvalue weighted by atomic mass is 10.3. The van der Waals surface area contributed by atoms with Crippen LogP contribution in [-0.2, 0) is 20.6 Å². The van der Waals surface area contributed by atoms with Crippen LogP contribution < -0.4 is 10.6 Å². The molecule has 0 saturated carbocycles. The van der Waals surface area contributed by atoms with E-state index in [1.807, 2.05) is 18.7 Å². The van der Waals surface area contributed by atoms with Crippen LogP contribution in [0.3, 0.4) is 0 Å². The summed E-state index contributed by atoms with van der Waals surface area (Å²) in [6, 6.07) is 1.56. The van der Waals surface area contributed by atoms with Crippen molar-refractivity contribution in [3.63, 3.8) is 0 Å². The average Bonchev–Trinajstić information content (AvgIpc) is 3.18. The second-order valence-corrected chi connectivity index (χ2v) is 8.44. The highest BCUT2D eigenvalue weighted by Crippen LogP contribution is 2.13. The van der Waals surface area contributed by atoms with E-state index in [0.29, 0.717) is 63.9 Å². The number of aromatic nitrogens is 1. The number of carbonyl (C=O) groups is 1. The molecule has 158 valence electrons. The third kappa shape index (κ3) is 6.79. The molecule has 0 spiro atoms. The average molecular weight is 415 g/mol. The van der Waals surface area contributed by atoms with Crippen molar-refractivity contribution in [3.05, 3.63) is 18.0 Å². The first-order chi connectivity index (χ1) is 13.5. The van der Waals surface area contributed by atoms with Gasteiger partial charge in [-0.15, -0.1) is 0 Å². The van der Waals surface area contributed by atoms with Crippen LogP contribution in [0.4, 0.5) is 0 Å². The normalized spacial score (nSPS) is 16.2. The molecular weight excluding hydrogens is 384 g/mol. The number of guanidine groups is 1. The molecule has 1 amide bonds. The Balaban J connectivity index is 1.87. The first-order valence-corrected chi connectivity index (χ1v) is 11.2. The van der Waals surface area contributed by atoms with Crippen molar-refractivity contribution < 1.29 is 17.7 Å². The summed E-state index contributed by atoms with van der Waals surface area (Å²) in [5, 5.41) is 9.72. The van der Waals surface area contributed by atoms with Gasteiger partial charge in [0.25, 0.3) is 0 Å². The van der Waals surface area contributed by atoms with Crippen molar-refractivity contribution in [1.82, 2.24) is 25.0 Å². The van der Waals surface area contributed by atoms with Crippen molar-refractivity contribution in [2.45, 2.75) is 32.4 Å². The maximum atomic E-state index is 12.5. The van der Waals surface area contributed by atoms with E-state index >= 15 is 0 Å². The van der Waals surface area contributed by atoms with Gasteiger partial charge in [-0.25, -0.2) is 8.42 Å².